The Morgan fingerprint density at radius 3 is 2.71 bits per heavy atom. The number of methoxy groups -OCH3 is 2. The summed E-state index contributed by atoms with van der Waals surface area (Å²) < 4.78 is 11.0. The summed E-state index contributed by atoms with van der Waals surface area (Å²) in [5, 5.41) is 3.81. The SMILES string of the molecule is COc1ccc(C23CCN(C)C2CC2(CC3)NCCS2)cc1OC. The molecule has 132 valence electrons. The van der Waals surface area contributed by atoms with Crippen LogP contribution in [0, 0.1) is 0 Å². The summed E-state index contributed by atoms with van der Waals surface area (Å²) in [6, 6.07) is 7.16. The van der Waals surface area contributed by atoms with E-state index in [1.54, 1.807) is 14.2 Å². The van der Waals surface area contributed by atoms with Crippen molar-refractivity contribution in [2.75, 3.05) is 40.1 Å². The van der Waals surface area contributed by atoms with Crippen molar-refractivity contribution < 1.29 is 9.47 Å². The van der Waals surface area contributed by atoms with E-state index in [9.17, 15) is 0 Å². The molecule has 3 aliphatic rings. The van der Waals surface area contributed by atoms with Gasteiger partial charge >= 0.3 is 0 Å². The van der Waals surface area contributed by atoms with Crippen LogP contribution in [0.25, 0.3) is 0 Å². The minimum Gasteiger partial charge on any atom is -0.493 e. The van der Waals surface area contributed by atoms with Gasteiger partial charge in [-0.3, -0.25) is 0 Å². The number of hydrogen-bond donors (Lipinski definition) is 1. The molecule has 5 heteroatoms. The highest BCUT2D eigenvalue weighted by atomic mass is 32.2. The number of rotatable bonds is 3. The Kier molecular flexibility index (Phi) is 4.22. The maximum atomic E-state index is 5.58. The molecule has 0 bridgehead atoms. The van der Waals surface area contributed by atoms with Crippen LogP contribution in [0.5, 0.6) is 11.5 Å². The second kappa shape index (κ2) is 6.11. The number of nitrogens with one attached hydrogen (secondary N) is 1. The Balaban J connectivity index is 1.70. The molecule has 1 saturated carbocycles. The molecule has 4 nitrogen and oxygen atoms in total. The lowest BCUT2D eigenvalue weighted by Crippen LogP contribution is -2.54. The van der Waals surface area contributed by atoms with Crippen LogP contribution >= 0.6 is 11.8 Å². The Hall–Kier alpha value is -0.910. The van der Waals surface area contributed by atoms with Gasteiger partial charge in [0.25, 0.3) is 0 Å². The van der Waals surface area contributed by atoms with Crippen molar-refractivity contribution in [1.29, 1.82) is 0 Å². The number of nitrogens with zero attached hydrogens (tertiary/aromatic N) is 1. The predicted molar refractivity (Wildman–Crippen MR) is 99.3 cm³/mol. The molecule has 3 unspecified atom stereocenters. The largest absolute Gasteiger partial charge is 0.493 e. The summed E-state index contributed by atoms with van der Waals surface area (Å²) in [4.78, 5) is 2.89. The molecule has 1 N–H and O–H groups in total. The molecule has 1 aliphatic carbocycles. The zero-order valence-electron chi connectivity index (χ0n) is 14.9. The third kappa shape index (κ3) is 2.44. The molecule has 1 aromatic carbocycles. The first-order valence-corrected chi connectivity index (χ1v) is 9.93. The molecule has 3 fully saturated rings. The summed E-state index contributed by atoms with van der Waals surface area (Å²) in [5.74, 6) is 2.92. The van der Waals surface area contributed by atoms with Crippen LogP contribution in [0.2, 0.25) is 0 Å². The van der Waals surface area contributed by atoms with Crippen molar-refractivity contribution in [3.05, 3.63) is 23.8 Å². The first-order valence-electron chi connectivity index (χ1n) is 8.94. The van der Waals surface area contributed by atoms with Crippen LogP contribution in [-0.2, 0) is 5.41 Å². The maximum absolute atomic E-state index is 5.58. The minimum absolute atomic E-state index is 0.254. The molecule has 1 aromatic rings. The van der Waals surface area contributed by atoms with Gasteiger partial charge in [0.2, 0.25) is 0 Å². The quantitative estimate of drug-likeness (QED) is 0.908. The topological polar surface area (TPSA) is 33.7 Å². The van der Waals surface area contributed by atoms with Crippen molar-refractivity contribution in [3.8, 4) is 11.5 Å². The highest BCUT2D eigenvalue weighted by molar-refractivity contribution is 8.00. The number of ether oxygens (including phenoxy) is 2. The van der Waals surface area contributed by atoms with Gasteiger partial charge < -0.3 is 19.7 Å². The summed E-state index contributed by atoms with van der Waals surface area (Å²) >= 11 is 2.14. The number of likely N-dealkylation sites (N-methyl/N-ethyl adjacent to an activating group) is 1. The van der Waals surface area contributed by atoms with Gasteiger partial charge in [0, 0.05) is 23.8 Å². The van der Waals surface area contributed by atoms with E-state index < -0.39 is 0 Å². The van der Waals surface area contributed by atoms with Gasteiger partial charge in [-0.2, -0.15) is 0 Å². The van der Waals surface area contributed by atoms with Gasteiger partial charge in [-0.15, -0.1) is 11.8 Å². The second-order valence-electron chi connectivity index (χ2n) is 7.45. The number of fused-ring (bicyclic) bond motifs is 1. The second-order valence-corrected chi connectivity index (χ2v) is 8.92. The Labute approximate surface area is 149 Å². The maximum Gasteiger partial charge on any atom is 0.161 e. The fourth-order valence-corrected chi connectivity index (χ4v) is 6.42. The fraction of sp³-hybridized carbons (Fsp3) is 0.684. The zero-order chi connectivity index (χ0) is 16.8. The van der Waals surface area contributed by atoms with Crippen molar-refractivity contribution in [1.82, 2.24) is 10.2 Å². The van der Waals surface area contributed by atoms with E-state index in [0.29, 0.717) is 10.9 Å². The van der Waals surface area contributed by atoms with E-state index in [4.69, 9.17) is 9.47 Å². The van der Waals surface area contributed by atoms with Crippen molar-refractivity contribution in [2.45, 2.75) is 42.0 Å². The van der Waals surface area contributed by atoms with Gasteiger partial charge in [0.05, 0.1) is 19.1 Å². The Morgan fingerprint density at radius 1 is 1.17 bits per heavy atom. The molecular weight excluding hydrogens is 320 g/mol. The van der Waals surface area contributed by atoms with Crippen molar-refractivity contribution in [2.24, 2.45) is 0 Å². The van der Waals surface area contributed by atoms with Crippen LogP contribution < -0.4 is 14.8 Å². The molecule has 2 saturated heterocycles. The number of benzene rings is 1. The lowest BCUT2D eigenvalue weighted by atomic mass is 9.64. The van der Waals surface area contributed by atoms with Gasteiger partial charge in [-0.05, 0) is 57.0 Å². The minimum atomic E-state index is 0.254. The normalized spacial score (nSPS) is 36.0. The summed E-state index contributed by atoms with van der Waals surface area (Å²) in [5.41, 5.74) is 1.68. The monoisotopic (exact) mass is 348 g/mol. The molecule has 24 heavy (non-hydrogen) atoms. The van der Waals surface area contributed by atoms with Gasteiger partial charge in [0.15, 0.2) is 11.5 Å². The van der Waals surface area contributed by atoms with E-state index >= 15 is 0 Å². The van der Waals surface area contributed by atoms with Crippen LogP contribution in [0.15, 0.2) is 18.2 Å². The molecule has 0 aromatic heterocycles. The van der Waals surface area contributed by atoms with Crippen molar-refractivity contribution >= 4 is 11.8 Å². The summed E-state index contributed by atoms with van der Waals surface area (Å²) in [6.45, 7) is 2.34. The standard InChI is InChI=1S/C19H28N2O2S/c1-21-10-8-18(14-4-5-15(22-2)16(12-14)23-3)6-7-19(13-17(18)21)20-9-11-24-19/h4-5,12,17,20H,6-11,13H2,1-3H3. The van der Waals surface area contributed by atoms with Crippen molar-refractivity contribution in [3.63, 3.8) is 0 Å². The number of hydrogen-bond acceptors (Lipinski definition) is 5. The van der Waals surface area contributed by atoms with Gasteiger partial charge in [-0.25, -0.2) is 0 Å². The molecule has 3 atom stereocenters. The van der Waals surface area contributed by atoms with Gasteiger partial charge in [0.1, 0.15) is 0 Å². The first-order chi connectivity index (χ1) is 11.6. The average molecular weight is 349 g/mol. The lowest BCUT2D eigenvalue weighted by molar-refractivity contribution is 0.145. The van der Waals surface area contributed by atoms with E-state index in [0.717, 1.165) is 18.0 Å². The molecular formula is C19H28N2O2S. The highest BCUT2D eigenvalue weighted by Crippen LogP contribution is 2.55. The average Bonchev–Trinajstić information content (AvgIpc) is 3.21. The lowest BCUT2D eigenvalue weighted by Gasteiger charge is -2.48. The summed E-state index contributed by atoms with van der Waals surface area (Å²) in [7, 11) is 5.73. The highest BCUT2D eigenvalue weighted by Gasteiger charge is 2.55. The van der Waals surface area contributed by atoms with Crippen LogP contribution in [-0.4, -0.2) is 55.9 Å². The molecule has 1 spiro atoms. The molecule has 4 rings (SSSR count). The van der Waals surface area contributed by atoms with Crippen LogP contribution in [0.4, 0.5) is 0 Å². The molecule has 0 radical (unpaired) electrons. The third-order valence-corrected chi connectivity index (χ3v) is 7.94. The number of thioether (sulfide) groups is 1. The Morgan fingerprint density at radius 2 is 2.00 bits per heavy atom. The Bertz CT molecular complexity index is 617. The van der Waals surface area contributed by atoms with E-state index in [2.05, 4.69) is 47.2 Å². The third-order valence-electron chi connectivity index (χ3n) is 6.46. The predicted octanol–water partition coefficient (Wildman–Crippen LogP) is 2.86. The van der Waals surface area contributed by atoms with E-state index in [1.807, 2.05) is 0 Å². The van der Waals surface area contributed by atoms with E-state index in [-0.39, 0.29) is 5.41 Å². The van der Waals surface area contributed by atoms with Crippen LogP contribution in [0.1, 0.15) is 31.2 Å². The fourth-order valence-electron chi connectivity index (χ4n) is 5.10. The molecule has 0 amide bonds. The molecule has 2 aliphatic heterocycles. The van der Waals surface area contributed by atoms with E-state index in [1.165, 1.54) is 43.5 Å². The smallest absolute Gasteiger partial charge is 0.161 e. The molecule has 2 heterocycles. The summed E-state index contributed by atoms with van der Waals surface area (Å²) in [6.07, 6.45) is 4.99. The van der Waals surface area contributed by atoms with Crippen LogP contribution in [0.3, 0.4) is 0 Å². The van der Waals surface area contributed by atoms with Gasteiger partial charge in [-0.1, -0.05) is 6.07 Å². The number of likely N-dealkylation sites (tertiary alicyclic amines) is 1. The zero-order valence-corrected chi connectivity index (χ0v) is 15.7. The first kappa shape index (κ1) is 16.6.